The minimum absolute atomic E-state index is 0.112. The molecule has 1 aromatic heterocycles. The third-order valence-electron chi connectivity index (χ3n) is 5.29. The number of nitrogens with zero attached hydrogens (tertiary/aromatic N) is 2. The fourth-order valence-electron chi connectivity index (χ4n) is 3.56. The molecule has 0 aliphatic rings. The number of methoxy groups -OCH3 is 2. The van der Waals surface area contributed by atoms with E-state index in [9.17, 15) is 0 Å². The monoisotopic (exact) mass is 427 g/mol. The van der Waals surface area contributed by atoms with Gasteiger partial charge in [-0.2, -0.15) is 5.10 Å². The number of ether oxygens (including phenoxy) is 2. The molecule has 0 spiro atoms. The Balaban J connectivity index is 1.85. The van der Waals surface area contributed by atoms with E-state index in [0.29, 0.717) is 17.6 Å². The summed E-state index contributed by atoms with van der Waals surface area (Å²) in [6.45, 7) is 4.92. The zero-order chi connectivity index (χ0) is 21.7. The van der Waals surface area contributed by atoms with Gasteiger partial charge in [0.15, 0.2) is 0 Å². The third-order valence-corrected chi connectivity index (χ3v) is 5.76. The maximum absolute atomic E-state index is 6.55. The van der Waals surface area contributed by atoms with Crippen molar-refractivity contribution in [2.75, 3.05) is 14.2 Å². The van der Waals surface area contributed by atoms with Crippen molar-refractivity contribution in [1.29, 1.82) is 0 Å². The largest absolute Gasteiger partial charge is 0.497 e. The highest BCUT2D eigenvalue weighted by Crippen LogP contribution is 2.28. The molecule has 1 atom stereocenters. The van der Waals surface area contributed by atoms with Gasteiger partial charge in [-0.05, 0) is 47.7 Å². The van der Waals surface area contributed by atoms with Crippen LogP contribution < -0.4 is 14.8 Å². The SMILES string of the molecule is COc1ccc(CC(NCc2c(C(C)C)nn(C)c2Cl)c2ccc(OC)cc2)cc1. The molecule has 1 unspecified atom stereocenters. The lowest BCUT2D eigenvalue weighted by molar-refractivity contribution is 0.413. The van der Waals surface area contributed by atoms with Gasteiger partial charge in [-0.15, -0.1) is 0 Å². The summed E-state index contributed by atoms with van der Waals surface area (Å²) in [6.07, 6.45) is 0.839. The first-order valence-electron chi connectivity index (χ1n) is 10.1. The minimum Gasteiger partial charge on any atom is -0.497 e. The van der Waals surface area contributed by atoms with Gasteiger partial charge in [-0.3, -0.25) is 4.68 Å². The topological polar surface area (TPSA) is 48.3 Å². The van der Waals surface area contributed by atoms with Gasteiger partial charge in [0.25, 0.3) is 0 Å². The highest BCUT2D eigenvalue weighted by Gasteiger charge is 2.19. The average molecular weight is 428 g/mol. The van der Waals surface area contributed by atoms with E-state index in [0.717, 1.165) is 29.2 Å². The predicted molar refractivity (Wildman–Crippen MR) is 122 cm³/mol. The van der Waals surface area contributed by atoms with Gasteiger partial charge in [0.2, 0.25) is 0 Å². The van der Waals surface area contributed by atoms with E-state index in [4.69, 9.17) is 21.1 Å². The molecule has 160 valence electrons. The first-order chi connectivity index (χ1) is 14.4. The van der Waals surface area contributed by atoms with Crippen LogP contribution in [0.5, 0.6) is 11.5 Å². The van der Waals surface area contributed by atoms with Crippen LogP contribution in [0.25, 0.3) is 0 Å². The summed E-state index contributed by atoms with van der Waals surface area (Å²) < 4.78 is 12.4. The van der Waals surface area contributed by atoms with Gasteiger partial charge in [-0.25, -0.2) is 0 Å². The zero-order valence-electron chi connectivity index (χ0n) is 18.3. The van der Waals surface area contributed by atoms with Crippen molar-refractivity contribution < 1.29 is 9.47 Å². The fraction of sp³-hybridized carbons (Fsp3) is 0.375. The van der Waals surface area contributed by atoms with Crippen molar-refractivity contribution in [3.05, 3.63) is 76.1 Å². The summed E-state index contributed by atoms with van der Waals surface area (Å²) in [5, 5.41) is 8.99. The van der Waals surface area contributed by atoms with Gasteiger partial charge < -0.3 is 14.8 Å². The minimum atomic E-state index is 0.112. The van der Waals surface area contributed by atoms with Gasteiger partial charge in [0.05, 0.1) is 19.9 Å². The lowest BCUT2D eigenvalue weighted by Gasteiger charge is -2.21. The molecule has 6 heteroatoms. The maximum Gasteiger partial charge on any atom is 0.131 e. The molecule has 0 fully saturated rings. The van der Waals surface area contributed by atoms with Crippen LogP contribution in [-0.2, 0) is 20.0 Å². The molecule has 0 aliphatic carbocycles. The van der Waals surface area contributed by atoms with Crippen LogP contribution in [0.4, 0.5) is 0 Å². The fourth-order valence-corrected chi connectivity index (χ4v) is 3.76. The first-order valence-corrected chi connectivity index (χ1v) is 10.5. The number of hydrogen-bond acceptors (Lipinski definition) is 4. The zero-order valence-corrected chi connectivity index (χ0v) is 19.0. The molecule has 3 rings (SSSR count). The van der Waals surface area contributed by atoms with E-state index in [2.05, 4.69) is 48.5 Å². The Bertz CT molecular complexity index is 950. The van der Waals surface area contributed by atoms with Gasteiger partial charge >= 0.3 is 0 Å². The molecular formula is C24H30ClN3O2. The Morgan fingerprint density at radius 1 is 0.967 bits per heavy atom. The highest BCUT2D eigenvalue weighted by atomic mass is 35.5. The standard InChI is InChI=1S/C24H30ClN3O2/c1-16(2)23-21(24(25)28(3)27-23)15-26-22(18-8-12-20(30-5)13-9-18)14-17-6-10-19(29-4)11-7-17/h6-13,16,22,26H,14-15H2,1-5H3. The Labute approximate surface area is 184 Å². The molecular weight excluding hydrogens is 398 g/mol. The highest BCUT2D eigenvalue weighted by molar-refractivity contribution is 6.30. The van der Waals surface area contributed by atoms with E-state index in [-0.39, 0.29) is 6.04 Å². The third kappa shape index (κ3) is 5.15. The number of aryl methyl sites for hydroxylation is 1. The molecule has 0 bridgehead atoms. The normalized spacial score (nSPS) is 12.2. The van der Waals surface area contributed by atoms with E-state index in [1.54, 1.807) is 18.9 Å². The average Bonchev–Trinajstić information content (AvgIpc) is 3.06. The van der Waals surface area contributed by atoms with Crippen molar-refractivity contribution in [3.8, 4) is 11.5 Å². The Morgan fingerprint density at radius 3 is 2.07 bits per heavy atom. The molecule has 0 radical (unpaired) electrons. The van der Waals surface area contributed by atoms with Gasteiger partial charge in [0.1, 0.15) is 16.7 Å². The van der Waals surface area contributed by atoms with Crippen molar-refractivity contribution in [2.45, 2.75) is 38.8 Å². The van der Waals surface area contributed by atoms with E-state index >= 15 is 0 Å². The molecule has 30 heavy (non-hydrogen) atoms. The van der Waals surface area contributed by atoms with Gasteiger partial charge in [0, 0.05) is 25.2 Å². The molecule has 1 N–H and O–H groups in total. The van der Waals surface area contributed by atoms with E-state index < -0.39 is 0 Å². The van der Waals surface area contributed by atoms with Crippen molar-refractivity contribution in [3.63, 3.8) is 0 Å². The van der Waals surface area contributed by atoms with Crippen molar-refractivity contribution in [1.82, 2.24) is 15.1 Å². The number of nitrogens with one attached hydrogen (secondary N) is 1. The quantitative estimate of drug-likeness (QED) is 0.504. The Hall–Kier alpha value is -2.50. The number of aromatic nitrogens is 2. The molecule has 3 aromatic rings. The predicted octanol–water partition coefficient (Wildman–Crippen LogP) is 5.29. The van der Waals surface area contributed by atoms with Crippen LogP contribution in [0.3, 0.4) is 0 Å². The number of halogens is 1. The summed E-state index contributed by atoms with van der Waals surface area (Å²) in [6, 6.07) is 16.5. The van der Waals surface area contributed by atoms with Crippen LogP contribution in [0.15, 0.2) is 48.5 Å². The molecule has 0 amide bonds. The lowest BCUT2D eigenvalue weighted by atomic mass is 9.98. The smallest absolute Gasteiger partial charge is 0.131 e. The van der Waals surface area contributed by atoms with Crippen LogP contribution in [0.2, 0.25) is 5.15 Å². The number of rotatable bonds is 9. The van der Waals surface area contributed by atoms with Crippen LogP contribution in [0.1, 0.15) is 48.2 Å². The van der Waals surface area contributed by atoms with Gasteiger partial charge in [-0.1, -0.05) is 49.7 Å². The van der Waals surface area contributed by atoms with Crippen LogP contribution >= 0.6 is 11.6 Å². The van der Waals surface area contributed by atoms with E-state index in [1.807, 2.05) is 31.3 Å². The van der Waals surface area contributed by atoms with E-state index in [1.165, 1.54) is 11.1 Å². The van der Waals surface area contributed by atoms with Crippen LogP contribution in [-0.4, -0.2) is 24.0 Å². The second-order valence-corrected chi connectivity index (χ2v) is 8.05. The summed E-state index contributed by atoms with van der Waals surface area (Å²) in [5.41, 5.74) is 4.51. The first kappa shape index (κ1) is 22.2. The summed E-state index contributed by atoms with van der Waals surface area (Å²) in [7, 11) is 5.25. The van der Waals surface area contributed by atoms with Crippen molar-refractivity contribution >= 4 is 11.6 Å². The Kier molecular flexibility index (Phi) is 7.40. The summed E-state index contributed by atoms with van der Waals surface area (Å²) in [4.78, 5) is 0. The van der Waals surface area contributed by atoms with Crippen LogP contribution in [0, 0.1) is 0 Å². The number of hydrogen-bond donors (Lipinski definition) is 1. The second kappa shape index (κ2) is 10.0. The van der Waals surface area contributed by atoms with Crippen molar-refractivity contribution in [2.24, 2.45) is 7.05 Å². The number of benzene rings is 2. The molecule has 0 saturated carbocycles. The molecule has 5 nitrogen and oxygen atoms in total. The Morgan fingerprint density at radius 2 is 1.53 bits per heavy atom. The molecule has 0 saturated heterocycles. The molecule has 1 heterocycles. The molecule has 2 aromatic carbocycles. The molecule has 0 aliphatic heterocycles. The maximum atomic E-state index is 6.55. The lowest BCUT2D eigenvalue weighted by Crippen LogP contribution is -2.23. The summed E-state index contributed by atoms with van der Waals surface area (Å²) >= 11 is 6.55. The second-order valence-electron chi connectivity index (χ2n) is 7.69. The summed E-state index contributed by atoms with van der Waals surface area (Å²) in [5.74, 6) is 2.01.